The lowest BCUT2D eigenvalue weighted by Gasteiger charge is -2.20. The predicted molar refractivity (Wildman–Crippen MR) is 78.1 cm³/mol. The van der Waals surface area contributed by atoms with E-state index < -0.39 is 0 Å². The third-order valence-electron chi connectivity index (χ3n) is 3.03. The van der Waals surface area contributed by atoms with Gasteiger partial charge in [-0.05, 0) is 51.3 Å². The zero-order valence-corrected chi connectivity index (χ0v) is 11.8. The van der Waals surface area contributed by atoms with Crippen LogP contribution in [0, 0.1) is 0 Å². The standard InChI is InChI=1S/C16H25NO/c1-5-7-8-13(3)17-14(4)15-9-11-16(12-10-15)18-6-2/h5,9-14,17H,1,6-8H2,2-4H3. The highest BCUT2D eigenvalue weighted by atomic mass is 16.5. The highest BCUT2D eigenvalue weighted by Crippen LogP contribution is 2.18. The molecule has 0 aromatic heterocycles. The molecule has 100 valence electrons. The van der Waals surface area contributed by atoms with Gasteiger partial charge in [0.2, 0.25) is 0 Å². The minimum atomic E-state index is 0.362. The fourth-order valence-electron chi connectivity index (χ4n) is 1.99. The van der Waals surface area contributed by atoms with E-state index in [4.69, 9.17) is 4.74 Å². The van der Waals surface area contributed by atoms with E-state index in [1.165, 1.54) is 5.56 Å². The molecule has 2 unspecified atom stereocenters. The topological polar surface area (TPSA) is 21.3 Å². The summed E-state index contributed by atoms with van der Waals surface area (Å²) in [6.07, 6.45) is 4.16. The maximum Gasteiger partial charge on any atom is 0.119 e. The Morgan fingerprint density at radius 2 is 1.94 bits per heavy atom. The molecule has 1 rings (SSSR count). The van der Waals surface area contributed by atoms with E-state index in [1.807, 2.05) is 25.1 Å². The zero-order valence-electron chi connectivity index (χ0n) is 11.8. The van der Waals surface area contributed by atoms with Gasteiger partial charge in [0.1, 0.15) is 5.75 Å². The van der Waals surface area contributed by atoms with E-state index in [0.717, 1.165) is 18.6 Å². The zero-order chi connectivity index (χ0) is 13.4. The van der Waals surface area contributed by atoms with Crippen LogP contribution in [0.4, 0.5) is 0 Å². The van der Waals surface area contributed by atoms with Gasteiger partial charge >= 0.3 is 0 Å². The molecule has 2 heteroatoms. The summed E-state index contributed by atoms with van der Waals surface area (Å²) < 4.78 is 5.44. The molecule has 0 aliphatic carbocycles. The SMILES string of the molecule is C=CCCC(C)NC(C)c1ccc(OCC)cc1. The van der Waals surface area contributed by atoms with Crippen LogP contribution < -0.4 is 10.1 Å². The Morgan fingerprint density at radius 1 is 1.28 bits per heavy atom. The minimum absolute atomic E-state index is 0.362. The van der Waals surface area contributed by atoms with Gasteiger partial charge in [-0.3, -0.25) is 0 Å². The molecule has 0 saturated heterocycles. The molecule has 0 amide bonds. The van der Waals surface area contributed by atoms with Gasteiger partial charge in [-0.25, -0.2) is 0 Å². The molecule has 0 radical (unpaired) electrons. The number of hydrogen-bond donors (Lipinski definition) is 1. The van der Waals surface area contributed by atoms with Crippen molar-refractivity contribution in [2.45, 2.75) is 45.7 Å². The molecule has 0 saturated carbocycles. The molecule has 18 heavy (non-hydrogen) atoms. The van der Waals surface area contributed by atoms with Gasteiger partial charge in [0.05, 0.1) is 6.61 Å². The average molecular weight is 247 g/mol. The third kappa shape index (κ3) is 4.92. The van der Waals surface area contributed by atoms with Gasteiger partial charge < -0.3 is 10.1 Å². The lowest BCUT2D eigenvalue weighted by Crippen LogP contribution is -2.28. The van der Waals surface area contributed by atoms with Crippen LogP contribution in [-0.2, 0) is 0 Å². The van der Waals surface area contributed by atoms with Crippen LogP contribution in [0.1, 0.15) is 45.2 Å². The molecule has 0 aliphatic heterocycles. The smallest absolute Gasteiger partial charge is 0.119 e. The highest BCUT2D eigenvalue weighted by Gasteiger charge is 2.08. The van der Waals surface area contributed by atoms with E-state index in [-0.39, 0.29) is 0 Å². The van der Waals surface area contributed by atoms with Crippen molar-refractivity contribution in [3.8, 4) is 5.75 Å². The summed E-state index contributed by atoms with van der Waals surface area (Å²) in [5.74, 6) is 0.938. The number of hydrogen-bond acceptors (Lipinski definition) is 2. The first-order chi connectivity index (χ1) is 8.67. The first-order valence-electron chi connectivity index (χ1n) is 6.77. The predicted octanol–water partition coefficient (Wildman–Crippen LogP) is 4.09. The van der Waals surface area contributed by atoms with Crippen LogP contribution in [-0.4, -0.2) is 12.6 Å². The van der Waals surface area contributed by atoms with Gasteiger partial charge in [0, 0.05) is 12.1 Å². The highest BCUT2D eigenvalue weighted by molar-refractivity contribution is 5.28. The van der Waals surface area contributed by atoms with E-state index >= 15 is 0 Å². The largest absolute Gasteiger partial charge is 0.494 e. The monoisotopic (exact) mass is 247 g/mol. The van der Waals surface area contributed by atoms with Crippen molar-refractivity contribution in [3.63, 3.8) is 0 Å². The first kappa shape index (κ1) is 14.8. The van der Waals surface area contributed by atoms with Crippen molar-refractivity contribution in [2.75, 3.05) is 6.61 Å². The molecule has 2 atom stereocenters. The molecule has 0 spiro atoms. The fraction of sp³-hybridized carbons (Fsp3) is 0.500. The average Bonchev–Trinajstić information content (AvgIpc) is 2.37. The van der Waals surface area contributed by atoms with E-state index in [9.17, 15) is 0 Å². The van der Waals surface area contributed by atoms with E-state index in [1.54, 1.807) is 0 Å². The summed E-state index contributed by atoms with van der Waals surface area (Å²) >= 11 is 0. The lowest BCUT2D eigenvalue weighted by molar-refractivity contribution is 0.340. The number of benzene rings is 1. The van der Waals surface area contributed by atoms with Crippen LogP contribution in [0.15, 0.2) is 36.9 Å². The van der Waals surface area contributed by atoms with Crippen molar-refractivity contribution in [2.24, 2.45) is 0 Å². The number of nitrogens with one attached hydrogen (secondary N) is 1. The maximum atomic E-state index is 5.44. The van der Waals surface area contributed by atoms with Gasteiger partial charge in [-0.2, -0.15) is 0 Å². The number of rotatable bonds is 8. The summed E-state index contributed by atoms with van der Waals surface area (Å²) in [6.45, 7) is 10.9. The fourth-order valence-corrected chi connectivity index (χ4v) is 1.99. The van der Waals surface area contributed by atoms with Crippen molar-refractivity contribution >= 4 is 0 Å². The molecule has 0 aliphatic rings. The molecule has 0 fully saturated rings. The molecule has 1 N–H and O–H groups in total. The van der Waals surface area contributed by atoms with Crippen LogP contribution >= 0.6 is 0 Å². The summed E-state index contributed by atoms with van der Waals surface area (Å²) in [7, 11) is 0. The van der Waals surface area contributed by atoms with E-state index in [0.29, 0.717) is 18.7 Å². The van der Waals surface area contributed by atoms with Crippen LogP contribution in [0.25, 0.3) is 0 Å². The summed E-state index contributed by atoms with van der Waals surface area (Å²) in [6, 6.07) is 9.19. The molecule has 0 heterocycles. The van der Waals surface area contributed by atoms with Crippen molar-refractivity contribution in [1.29, 1.82) is 0 Å². The second-order valence-electron chi connectivity index (χ2n) is 4.66. The summed E-state index contributed by atoms with van der Waals surface area (Å²) in [5.41, 5.74) is 1.30. The van der Waals surface area contributed by atoms with Crippen LogP contribution in [0.5, 0.6) is 5.75 Å². The van der Waals surface area contributed by atoms with Gasteiger partial charge in [0.25, 0.3) is 0 Å². The third-order valence-corrected chi connectivity index (χ3v) is 3.03. The van der Waals surface area contributed by atoms with Gasteiger partial charge in [0.15, 0.2) is 0 Å². The summed E-state index contributed by atoms with van der Waals surface area (Å²) in [4.78, 5) is 0. The quantitative estimate of drug-likeness (QED) is 0.699. The molecular weight excluding hydrogens is 222 g/mol. The Morgan fingerprint density at radius 3 is 2.50 bits per heavy atom. The summed E-state index contributed by atoms with van der Waals surface area (Å²) in [5, 5.41) is 3.59. The Hall–Kier alpha value is -1.28. The second kappa shape index (κ2) is 7.93. The normalized spacial score (nSPS) is 13.9. The van der Waals surface area contributed by atoms with Crippen molar-refractivity contribution in [1.82, 2.24) is 5.32 Å². The Bertz CT molecular complexity index is 345. The van der Waals surface area contributed by atoms with Gasteiger partial charge in [-0.1, -0.05) is 18.2 Å². The first-order valence-corrected chi connectivity index (χ1v) is 6.77. The number of allylic oxidation sites excluding steroid dienone is 1. The Balaban J connectivity index is 2.50. The van der Waals surface area contributed by atoms with E-state index in [2.05, 4.69) is 37.9 Å². The minimum Gasteiger partial charge on any atom is -0.494 e. The molecule has 0 bridgehead atoms. The van der Waals surface area contributed by atoms with Crippen LogP contribution in [0.2, 0.25) is 0 Å². The van der Waals surface area contributed by atoms with Crippen LogP contribution in [0.3, 0.4) is 0 Å². The molecule has 2 nitrogen and oxygen atoms in total. The molecular formula is C16H25NO. The second-order valence-corrected chi connectivity index (χ2v) is 4.66. The Labute approximate surface area is 111 Å². The molecule has 1 aromatic rings. The maximum absolute atomic E-state index is 5.44. The van der Waals surface area contributed by atoms with Crippen molar-refractivity contribution in [3.05, 3.63) is 42.5 Å². The number of ether oxygens (including phenoxy) is 1. The van der Waals surface area contributed by atoms with Gasteiger partial charge in [-0.15, -0.1) is 6.58 Å². The Kier molecular flexibility index (Phi) is 6.51. The molecule has 1 aromatic carbocycles. The van der Waals surface area contributed by atoms with Crippen molar-refractivity contribution < 1.29 is 4.74 Å². The lowest BCUT2D eigenvalue weighted by atomic mass is 10.1.